The van der Waals surface area contributed by atoms with Crippen molar-refractivity contribution in [2.24, 2.45) is 0 Å². The van der Waals surface area contributed by atoms with Crippen LogP contribution in [0.4, 0.5) is 0 Å². The number of nitrogens with one attached hydrogen (secondary N) is 1. The van der Waals surface area contributed by atoms with Gasteiger partial charge in [0.2, 0.25) is 0 Å². The van der Waals surface area contributed by atoms with Gasteiger partial charge in [0.25, 0.3) is 0 Å². The van der Waals surface area contributed by atoms with E-state index in [-0.39, 0.29) is 5.78 Å². The zero-order valence-electron chi connectivity index (χ0n) is 8.92. The Kier molecular flexibility index (Phi) is 5.58. The average Bonchev–Trinajstić information content (AvgIpc) is 2.20. The Labute approximate surface area is 99.2 Å². The number of hydrogen-bond donors (Lipinski definition) is 1. The van der Waals surface area contributed by atoms with Crippen LogP contribution in [0.2, 0.25) is 0 Å². The normalized spacial score (nSPS) is 10.3. The van der Waals surface area contributed by atoms with Crippen LogP contribution in [0.15, 0.2) is 28.7 Å². The standard InChI is InChI=1S/C12H16BrNO/c1-10(15)5-4-8-14-9-11-6-2-3-7-12(11)13/h2-3,6-7,14H,4-5,8-9H2,1H3. The van der Waals surface area contributed by atoms with Crippen molar-refractivity contribution in [1.29, 1.82) is 0 Å². The molecule has 82 valence electrons. The lowest BCUT2D eigenvalue weighted by atomic mass is 10.2. The van der Waals surface area contributed by atoms with Crippen LogP contribution in [0.1, 0.15) is 25.3 Å². The second kappa shape index (κ2) is 6.75. The number of benzene rings is 1. The second-order valence-electron chi connectivity index (χ2n) is 3.57. The Balaban J connectivity index is 2.21. The first kappa shape index (κ1) is 12.4. The summed E-state index contributed by atoms with van der Waals surface area (Å²) in [6, 6.07) is 8.15. The lowest BCUT2D eigenvalue weighted by Gasteiger charge is -2.05. The topological polar surface area (TPSA) is 29.1 Å². The fourth-order valence-corrected chi connectivity index (χ4v) is 1.75. The van der Waals surface area contributed by atoms with E-state index in [9.17, 15) is 4.79 Å². The van der Waals surface area contributed by atoms with Gasteiger partial charge >= 0.3 is 0 Å². The van der Waals surface area contributed by atoms with Crippen molar-refractivity contribution >= 4 is 21.7 Å². The van der Waals surface area contributed by atoms with Gasteiger partial charge in [-0.3, -0.25) is 0 Å². The second-order valence-corrected chi connectivity index (χ2v) is 4.43. The first-order valence-electron chi connectivity index (χ1n) is 5.13. The molecule has 0 bridgehead atoms. The first-order chi connectivity index (χ1) is 7.20. The van der Waals surface area contributed by atoms with E-state index >= 15 is 0 Å². The van der Waals surface area contributed by atoms with Crippen LogP contribution in [0, 0.1) is 0 Å². The fourth-order valence-electron chi connectivity index (χ4n) is 1.33. The summed E-state index contributed by atoms with van der Waals surface area (Å²) in [5.74, 6) is 0.262. The summed E-state index contributed by atoms with van der Waals surface area (Å²) in [6.45, 7) is 3.37. The molecule has 1 aromatic rings. The lowest BCUT2D eigenvalue weighted by molar-refractivity contribution is -0.117. The van der Waals surface area contributed by atoms with Gasteiger partial charge in [-0.25, -0.2) is 0 Å². The highest BCUT2D eigenvalue weighted by Gasteiger charge is 1.97. The molecule has 2 nitrogen and oxygen atoms in total. The SMILES string of the molecule is CC(=O)CCCNCc1ccccc1Br. The van der Waals surface area contributed by atoms with Gasteiger partial charge in [0.05, 0.1) is 0 Å². The highest BCUT2D eigenvalue weighted by atomic mass is 79.9. The Morgan fingerprint density at radius 2 is 2.13 bits per heavy atom. The van der Waals surface area contributed by atoms with E-state index in [2.05, 4.69) is 27.3 Å². The molecule has 0 unspecified atom stereocenters. The van der Waals surface area contributed by atoms with Crippen molar-refractivity contribution in [3.05, 3.63) is 34.3 Å². The fraction of sp³-hybridized carbons (Fsp3) is 0.417. The molecule has 0 spiro atoms. The van der Waals surface area contributed by atoms with Crippen molar-refractivity contribution in [2.45, 2.75) is 26.3 Å². The maximum absolute atomic E-state index is 10.7. The molecule has 0 aliphatic rings. The van der Waals surface area contributed by atoms with E-state index in [4.69, 9.17) is 0 Å². The highest BCUT2D eigenvalue weighted by molar-refractivity contribution is 9.10. The molecule has 0 fully saturated rings. The Bertz CT molecular complexity index is 325. The van der Waals surface area contributed by atoms with Crippen molar-refractivity contribution in [3.63, 3.8) is 0 Å². The summed E-state index contributed by atoms with van der Waals surface area (Å²) in [4.78, 5) is 10.7. The van der Waals surface area contributed by atoms with E-state index in [1.165, 1.54) is 5.56 Å². The molecule has 0 amide bonds. The van der Waals surface area contributed by atoms with E-state index in [1.807, 2.05) is 18.2 Å². The van der Waals surface area contributed by atoms with Crippen LogP contribution in [-0.2, 0) is 11.3 Å². The maximum atomic E-state index is 10.7. The Hall–Kier alpha value is -0.670. The lowest BCUT2D eigenvalue weighted by Crippen LogP contribution is -2.15. The molecule has 0 aliphatic heterocycles. The third-order valence-corrected chi connectivity index (χ3v) is 2.93. The smallest absolute Gasteiger partial charge is 0.129 e. The molecule has 15 heavy (non-hydrogen) atoms. The molecule has 0 aromatic heterocycles. The van der Waals surface area contributed by atoms with E-state index < -0.39 is 0 Å². The number of carbonyl (C=O) groups is 1. The maximum Gasteiger partial charge on any atom is 0.129 e. The van der Waals surface area contributed by atoms with Crippen LogP contribution < -0.4 is 5.32 Å². The van der Waals surface area contributed by atoms with E-state index in [1.54, 1.807) is 6.92 Å². The largest absolute Gasteiger partial charge is 0.313 e. The van der Waals surface area contributed by atoms with Gasteiger partial charge in [-0.1, -0.05) is 34.1 Å². The van der Waals surface area contributed by atoms with Crippen molar-refractivity contribution in [1.82, 2.24) is 5.32 Å². The minimum Gasteiger partial charge on any atom is -0.313 e. The summed E-state index contributed by atoms with van der Waals surface area (Å²) >= 11 is 3.49. The van der Waals surface area contributed by atoms with Gasteiger partial charge < -0.3 is 10.1 Å². The summed E-state index contributed by atoms with van der Waals surface area (Å²) in [7, 11) is 0. The molecule has 0 heterocycles. The van der Waals surface area contributed by atoms with E-state index in [0.29, 0.717) is 6.42 Å². The minimum absolute atomic E-state index is 0.262. The van der Waals surface area contributed by atoms with Gasteiger partial charge in [-0.2, -0.15) is 0 Å². The van der Waals surface area contributed by atoms with Gasteiger partial charge in [0.15, 0.2) is 0 Å². The number of Topliss-reactive ketones (excluding diaryl/α,β-unsaturated/α-hetero) is 1. The molecular formula is C12H16BrNO. The quantitative estimate of drug-likeness (QED) is 0.805. The predicted octanol–water partition coefficient (Wildman–Crippen LogP) is 2.91. The number of halogens is 1. The van der Waals surface area contributed by atoms with Gasteiger partial charge in [-0.05, 0) is 31.5 Å². The molecule has 1 rings (SSSR count). The highest BCUT2D eigenvalue weighted by Crippen LogP contribution is 2.15. The Morgan fingerprint density at radius 3 is 2.80 bits per heavy atom. The molecule has 0 saturated heterocycles. The molecule has 0 aliphatic carbocycles. The summed E-state index contributed by atoms with van der Waals surface area (Å²) in [5.41, 5.74) is 1.25. The average molecular weight is 270 g/mol. The van der Waals surface area contributed by atoms with Crippen LogP contribution in [0.3, 0.4) is 0 Å². The van der Waals surface area contributed by atoms with Crippen LogP contribution >= 0.6 is 15.9 Å². The van der Waals surface area contributed by atoms with E-state index in [0.717, 1.165) is 24.0 Å². The summed E-state index contributed by atoms with van der Waals surface area (Å²) in [5, 5.41) is 3.32. The number of carbonyl (C=O) groups excluding carboxylic acids is 1. The molecule has 3 heteroatoms. The van der Waals surface area contributed by atoms with Crippen molar-refractivity contribution in [3.8, 4) is 0 Å². The van der Waals surface area contributed by atoms with Gasteiger partial charge in [-0.15, -0.1) is 0 Å². The predicted molar refractivity (Wildman–Crippen MR) is 65.8 cm³/mol. The van der Waals surface area contributed by atoms with Crippen molar-refractivity contribution in [2.75, 3.05) is 6.54 Å². The summed E-state index contributed by atoms with van der Waals surface area (Å²) in [6.07, 6.45) is 1.59. The van der Waals surface area contributed by atoms with Gasteiger partial charge in [0, 0.05) is 17.4 Å². The van der Waals surface area contributed by atoms with Crippen LogP contribution in [0.5, 0.6) is 0 Å². The first-order valence-corrected chi connectivity index (χ1v) is 5.93. The molecular weight excluding hydrogens is 254 g/mol. The number of ketones is 1. The Morgan fingerprint density at radius 1 is 1.40 bits per heavy atom. The molecule has 0 saturated carbocycles. The number of rotatable bonds is 6. The minimum atomic E-state index is 0.262. The zero-order chi connectivity index (χ0) is 11.1. The van der Waals surface area contributed by atoms with Crippen LogP contribution in [0.25, 0.3) is 0 Å². The third-order valence-electron chi connectivity index (χ3n) is 2.16. The zero-order valence-corrected chi connectivity index (χ0v) is 10.5. The third kappa shape index (κ3) is 5.09. The monoisotopic (exact) mass is 269 g/mol. The van der Waals surface area contributed by atoms with Crippen molar-refractivity contribution < 1.29 is 4.79 Å². The van der Waals surface area contributed by atoms with Crippen LogP contribution in [-0.4, -0.2) is 12.3 Å². The molecule has 0 radical (unpaired) electrons. The summed E-state index contributed by atoms with van der Waals surface area (Å²) < 4.78 is 1.13. The molecule has 1 aromatic carbocycles. The number of hydrogen-bond acceptors (Lipinski definition) is 2. The molecule has 0 atom stereocenters. The van der Waals surface area contributed by atoms with Gasteiger partial charge in [0.1, 0.15) is 5.78 Å². The molecule has 1 N–H and O–H groups in total.